The van der Waals surface area contributed by atoms with Crippen LogP contribution in [0, 0.1) is 0 Å². The first-order valence-electron chi connectivity index (χ1n) is 10.5. The van der Waals surface area contributed by atoms with Crippen molar-refractivity contribution in [2.24, 2.45) is 4.99 Å². The number of hydrogen-bond donors (Lipinski definition) is 0. The number of hydrogen-bond acceptors (Lipinski definition) is 7. The van der Waals surface area contributed by atoms with Gasteiger partial charge in [-0.3, -0.25) is 9.79 Å². The van der Waals surface area contributed by atoms with Crippen molar-refractivity contribution in [1.82, 2.24) is 14.8 Å². The molecule has 8 heteroatoms. The van der Waals surface area contributed by atoms with Crippen molar-refractivity contribution in [2.45, 2.75) is 20.1 Å². The van der Waals surface area contributed by atoms with Crippen LogP contribution in [0.5, 0.6) is 11.6 Å². The minimum absolute atomic E-state index is 0.267. The Morgan fingerprint density at radius 1 is 1.21 bits per heavy atom. The molecule has 0 spiro atoms. The molecule has 0 aliphatic rings. The van der Waals surface area contributed by atoms with Crippen LogP contribution in [0.25, 0.3) is 5.69 Å². The molecule has 0 unspecified atom stereocenters. The molecule has 2 aromatic heterocycles. The third kappa shape index (κ3) is 7.30. The van der Waals surface area contributed by atoms with E-state index in [2.05, 4.69) is 21.7 Å². The lowest BCUT2D eigenvalue weighted by Crippen LogP contribution is -2.02. The Morgan fingerprint density at radius 3 is 2.74 bits per heavy atom. The Kier molecular flexibility index (Phi) is 8.92. The van der Waals surface area contributed by atoms with E-state index in [1.54, 1.807) is 49.5 Å². The van der Waals surface area contributed by atoms with Gasteiger partial charge < -0.3 is 14.2 Å². The lowest BCUT2D eigenvalue weighted by Gasteiger charge is -2.12. The van der Waals surface area contributed by atoms with E-state index in [-0.39, 0.29) is 6.61 Å². The Hall–Kier alpha value is -4.46. The van der Waals surface area contributed by atoms with Crippen molar-refractivity contribution in [1.29, 1.82) is 0 Å². The number of aromatic nitrogens is 3. The first-order valence-corrected chi connectivity index (χ1v) is 10.5. The largest absolute Gasteiger partial charge is 0.491 e. The minimum atomic E-state index is 0.267. The molecule has 34 heavy (non-hydrogen) atoms. The van der Waals surface area contributed by atoms with Crippen LogP contribution < -0.4 is 9.47 Å². The van der Waals surface area contributed by atoms with Gasteiger partial charge in [0.1, 0.15) is 25.3 Å². The van der Waals surface area contributed by atoms with Crippen LogP contribution in [0.3, 0.4) is 0 Å². The van der Waals surface area contributed by atoms with Gasteiger partial charge in [-0.25, -0.2) is 9.67 Å². The molecule has 8 nitrogen and oxygen atoms in total. The highest BCUT2D eigenvalue weighted by atomic mass is 16.5. The third-order valence-electron chi connectivity index (χ3n) is 4.52. The summed E-state index contributed by atoms with van der Waals surface area (Å²) in [6.45, 7) is 6.13. The average molecular weight is 459 g/mol. The quantitative estimate of drug-likeness (QED) is 0.129. The van der Waals surface area contributed by atoms with Gasteiger partial charge in [-0.1, -0.05) is 18.7 Å². The molecule has 3 rings (SSSR count). The molecule has 0 aliphatic carbocycles. The number of carbonyl (C=O) groups is 1. The van der Waals surface area contributed by atoms with Gasteiger partial charge in [0.15, 0.2) is 5.75 Å². The van der Waals surface area contributed by atoms with E-state index in [4.69, 9.17) is 14.2 Å². The molecular formula is C26H26N4O4. The zero-order valence-electron chi connectivity index (χ0n) is 19.1. The number of aldehydes is 1. The summed E-state index contributed by atoms with van der Waals surface area (Å²) in [6.07, 6.45) is 12.4. The lowest BCUT2D eigenvalue weighted by molar-refractivity contribution is -0.104. The second-order valence-electron chi connectivity index (χ2n) is 7.16. The molecule has 174 valence electrons. The van der Waals surface area contributed by atoms with Crippen molar-refractivity contribution in [2.75, 3.05) is 7.11 Å². The Morgan fingerprint density at radius 2 is 2.03 bits per heavy atom. The molecule has 0 saturated carbocycles. The van der Waals surface area contributed by atoms with E-state index < -0.39 is 0 Å². The van der Waals surface area contributed by atoms with Crippen LogP contribution in [0.15, 0.2) is 96.2 Å². The summed E-state index contributed by atoms with van der Waals surface area (Å²) in [5.41, 5.74) is 3.32. The number of pyridine rings is 1. The van der Waals surface area contributed by atoms with Gasteiger partial charge >= 0.3 is 0 Å². The fraction of sp³-hybridized carbons (Fsp3) is 0.154. The normalized spacial score (nSPS) is 11.6. The highest BCUT2D eigenvalue weighted by molar-refractivity contribution is 5.75. The average Bonchev–Trinajstić information content (AvgIpc) is 3.41. The maximum atomic E-state index is 10.5. The molecule has 0 amide bonds. The van der Waals surface area contributed by atoms with Crippen molar-refractivity contribution < 1.29 is 19.0 Å². The molecule has 0 saturated heterocycles. The van der Waals surface area contributed by atoms with Gasteiger partial charge in [-0.2, -0.15) is 5.10 Å². The van der Waals surface area contributed by atoms with Crippen LogP contribution in [0.2, 0.25) is 0 Å². The molecule has 3 aromatic rings. The maximum absolute atomic E-state index is 10.5. The first kappa shape index (κ1) is 24.2. The number of rotatable bonds is 12. The first-order chi connectivity index (χ1) is 16.6. The van der Waals surface area contributed by atoms with E-state index in [1.807, 2.05) is 42.6 Å². The zero-order valence-corrected chi connectivity index (χ0v) is 19.1. The summed E-state index contributed by atoms with van der Waals surface area (Å²) in [7, 11) is 1.56. The lowest BCUT2D eigenvalue weighted by atomic mass is 10.2. The summed E-state index contributed by atoms with van der Waals surface area (Å²) in [5.74, 6) is 1.37. The number of benzene rings is 1. The second kappa shape index (κ2) is 12.5. The van der Waals surface area contributed by atoms with Crippen molar-refractivity contribution in [3.05, 3.63) is 102 Å². The van der Waals surface area contributed by atoms with Crippen LogP contribution in [0.1, 0.15) is 18.1 Å². The van der Waals surface area contributed by atoms with Crippen LogP contribution >= 0.6 is 0 Å². The van der Waals surface area contributed by atoms with Crippen molar-refractivity contribution in [3.8, 4) is 17.3 Å². The molecule has 0 N–H and O–H groups in total. The molecular weight excluding hydrogens is 432 g/mol. The number of nitrogens with zero attached hydrogens (tertiary/aromatic N) is 4. The van der Waals surface area contributed by atoms with Crippen molar-refractivity contribution in [3.63, 3.8) is 0 Å². The third-order valence-corrected chi connectivity index (χ3v) is 4.52. The fourth-order valence-corrected chi connectivity index (χ4v) is 2.74. The van der Waals surface area contributed by atoms with Gasteiger partial charge in [0.25, 0.3) is 5.88 Å². The van der Waals surface area contributed by atoms with E-state index in [0.29, 0.717) is 29.6 Å². The number of allylic oxidation sites excluding steroid dienone is 3. The van der Waals surface area contributed by atoms with Gasteiger partial charge in [0, 0.05) is 42.1 Å². The van der Waals surface area contributed by atoms with Crippen LogP contribution in [0.4, 0.5) is 0 Å². The number of methoxy groups -OCH3 is 1. The predicted octanol–water partition coefficient (Wildman–Crippen LogP) is 4.61. The summed E-state index contributed by atoms with van der Waals surface area (Å²) >= 11 is 0. The molecule has 0 aliphatic heterocycles. The zero-order chi connectivity index (χ0) is 24.2. The Balaban J connectivity index is 1.52. The van der Waals surface area contributed by atoms with Gasteiger partial charge in [-0.05, 0) is 48.9 Å². The maximum Gasteiger partial charge on any atom is 0.257 e. The van der Waals surface area contributed by atoms with E-state index in [1.165, 1.54) is 6.20 Å². The molecule has 0 fully saturated rings. The molecule has 0 radical (unpaired) electrons. The standard InChI is InChI=1S/C26H26N4O4/c1-20(17-31)15-27-11-4-6-21(2)33-19-23-14-25(32-3)26(28-16-23)34-18-22-7-9-24(10-8-22)30-13-5-12-29-30/h4-17H,2,18-19H2,1,3H3/b6-4-,20-15-,27-11+. The predicted molar refractivity (Wildman–Crippen MR) is 130 cm³/mol. The highest BCUT2D eigenvalue weighted by Crippen LogP contribution is 2.26. The smallest absolute Gasteiger partial charge is 0.257 e. The highest BCUT2D eigenvalue weighted by Gasteiger charge is 2.09. The number of aliphatic imine (C=N–C) groups is 1. The molecule has 0 atom stereocenters. The number of ether oxygens (including phenoxy) is 3. The topological polar surface area (TPSA) is 87.8 Å². The fourth-order valence-electron chi connectivity index (χ4n) is 2.74. The Bertz CT molecular complexity index is 1180. The summed E-state index contributed by atoms with van der Waals surface area (Å²) in [6, 6.07) is 11.6. The Labute approximate surface area is 198 Å². The summed E-state index contributed by atoms with van der Waals surface area (Å²) in [4.78, 5) is 18.8. The van der Waals surface area contributed by atoms with Crippen LogP contribution in [-0.2, 0) is 22.7 Å². The monoisotopic (exact) mass is 458 g/mol. The summed E-state index contributed by atoms with van der Waals surface area (Å²) in [5, 5.41) is 4.22. The van der Waals surface area contributed by atoms with Gasteiger partial charge in [0.05, 0.1) is 12.8 Å². The van der Waals surface area contributed by atoms with E-state index in [9.17, 15) is 4.79 Å². The minimum Gasteiger partial charge on any atom is -0.491 e. The molecule has 0 bridgehead atoms. The molecule has 1 aromatic carbocycles. The van der Waals surface area contributed by atoms with Crippen molar-refractivity contribution >= 4 is 12.5 Å². The summed E-state index contributed by atoms with van der Waals surface area (Å²) < 4.78 is 18.7. The van der Waals surface area contributed by atoms with E-state index in [0.717, 1.165) is 23.1 Å². The van der Waals surface area contributed by atoms with Gasteiger partial charge in [-0.15, -0.1) is 0 Å². The van der Waals surface area contributed by atoms with E-state index >= 15 is 0 Å². The van der Waals surface area contributed by atoms with Gasteiger partial charge in [0.2, 0.25) is 0 Å². The van der Waals surface area contributed by atoms with Crippen LogP contribution in [-0.4, -0.2) is 34.4 Å². The molecule has 2 heterocycles. The SMILES string of the molecule is C=C(\C=C/C=N/C=C(/C)C=O)OCc1cnc(OCc2ccc(-n3cccn3)cc2)c(OC)c1. The second-order valence-corrected chi connectivity index (χ2v) is 7.16. The number of carbonyl (C=O) groups excluding carboxylic acids is 1.